The van der Waals surface area contributed by atoms with Crippen molar-refractivity contribution in [1.29, 1.82) is 0 Å². The number of nitrogens with zero attached hydrogens (tertiary/aromatic N) is 2. The molecule has 5 rings (SSSR count). The third-order valence-corrected chi connectivity index (χ3v) is 6.18. The summed E-state index contributed by atoms with van der Waals surface area (Å²) in [5, 5.41) is 11.8. The van der Waals surface area contributed by atoms with Gasteiger partial charge in [0.15, 0.2) is 0 Å². The van der Waals surface area contributed by atoms with Gasteiger partial charge >= 0.3 is 0 Å². The summed E-state index contributed by atoms with van der Waals surface area (Å²) in [6.45, 7) is 2.14. The third kappa shape index (κ3) is 3.87. The molecule has 7 heteroatoms. The zero-order chi connectivity index (χ0) is 23.1. The average Bonchev–Trinajstić information content (AvgIpc) is 3.30. The van der Waals surface area contributed by atoms with Gasteiger partial charge in [-0.15, -0.1) is 0 Å². The number of hydrogen-bond acceptors (Lipinski definition) is 5. The van der Waals surface area contributed by atoms with Crippen molar-refractivity contribution in [1.82, 2.24) is 9.88 Å². The van der Waals surface area contributed by atoms with Crippen LogP contribution in [-0.2, 0) is 22.6 Å². The number of aliphatic hydroxyl groups is 1. The molecule has 1 amide bonds. The first kappa shape index (κ1) is 21.2. The van der Waals surface area contributed by atoms with Gasteiger partial charge in [-0.2, -0.15) is 0 Å². The fraction of sp³-hybridized carbons (Fsp3) is 0.192. The number of amides is 1. The Balaban J connectivity index is 1.64. The van der Waals surface area contributed by atoms with E-state index in [0.717, 1.165) is 16.9 Å². The fourth-order valence-electron chi connectivity index (χ4n) is 4.48. The summed E-state index contributed by atoms with van der Waals surface area (Å²) in [6.07, 6.45) is 4.05. The van der Waals surface area contributed by atoms with Crippen molar-refractivity contribution in [2.75, 3.05) is 0 Å². The molecular weight excluding hydrogens is 440 g/mol. The standard InChI is InChI=1S/C26H21ClN2O4/c1-15-10-19-11-18(7-8-21(19)33-15)24(30)22-23(17-5-2-6-20(27)12-17)29(26(32)25(22)31)14-16-4-3-9-28-13-16/h2-9,11-13,15,23,30H,10,14H2,1H3/b24-22+/t15-,23+/m1/s1. The van der Waals surface area contributed by atoms with Gasteiger partial charge in [-0.3, -0.25) is 14.6 Å². The van der Waals surface area contributed by atoms with Crippen LogP contribution >= 0.6 is 11.6 Å². The molecule has 2 aliphatic heterocycles. The van der Waals surface area contributed by atoms with Crippen LogP contribution in [0.3, 0.4) is 0 Å². The van der Waals surface area contributed by atoms with E-state index in [4.69, 9.17) is 16.3 Å². The van der Waals surface area contributed by atoms with E-state index >= 15 is 0 Å². The molecule has 6 nitrogen and oxygen atoms in total. The van der Waals surface area contributed by atoms with Crippen LogP contribution in [0, 0.1) is 0 Å². The predicted octanol–water partition coefficient (Wildman–Crippen LogP) is 4.68. The average molecular weight is 461 g/mol. The molecule has 1 N–H and O–H groups in total. The van der Waals surface area contributed by atoms with Crippen LogP contribution in [0.25, 0.3) is 5.76 Å². The Bertz CT molecular complexity index is 1290. The Morgan fingerprint density at radius 3 is 2.79 bits per heavy atom. The maximum Gasteiger partial charge on any atom is 0.295 e. The lowest BCUT2D eigenvalue weighted by Gasteiger charge is -2.25. The maximum absolute atomic E-state index is 13.2. The minimum Gasteiger partial charge on any atom is -0.507 e. The number of fused-ring (bicyclic) bond motifs is 1. The molecule has 0 aliphatic carbocycles. The number of halogens is 1. The molecule has 1 fully saturated rings. The van der Waals surface area contributed by atoms with E-state index in [1.165, 1.54) is 4.90 Å². The molecule has 3 heterocycles. The van der Waals surface area contributed by atoms with Crippen molar-refractivity contribution in [2.45, 2.75) is 32.0 Å². The van der Waals surface area contributed by atoms with Crippen LogP contribution in [0.5, 0.6) is 5.75 Å². The van der Waals surface area contributed by atoms with Crippen molar-refractivity contribution in [3.05, 3.63) is 99.8 Å². The number of Topliss-reactive ketones (excluding diaryl/α,β-unsaturated/α-hetero) is 1. The summed E-state index contributed by atoms with van der Waals surface area (Å²) in [5.74, 6) is -0.855. The van der Waals surface area contributed by atoms with Gasteiger partial charge in [0.05, 0.1) is 11.6 Å². The zero-order valence-corrected chi connectivity index (χ0v) is 18.6. The Labute approximate surface area is 196 Å². The van der Waals surface area contributed by atoms with Gasteiger partial charge in [0.2, 0.25) is 0 Å². The molecule has 0 unspecified atom stereocenters. The Hall–Kier alpha value is -3.64. The van der Waals surface area contributed by atoms with E-state index in [1.807, 2.05) is 19.1 Å². The molecule has 1 saturated heterocycles. The summed E-state index contributed by atoms with van der Waals surface area (Å²) in [4.78, 5) is 31.9. The van der Waals surface area contributed by atoms with Crippen LogP contribution in [0.1, 0.15) is 35.2 Å². The summed E-state index contributed by atoms with van der Waals surface area (Å²) in [7, 11) is 0. The molecule has 0 radical (unpaired) electrons. The van der Waals surface area contributed by atoms with Gasteiger partial charge in [-0.1, -0.05) is 29.8 Å². The number of ketones is 1. The smallest absolute Gasteiger partial charge is 0.295 e. The molecule has 2 aromatic carbocycles. The second-order valence-corrected chi connectivity index (χ2v) is 8.73. The van der Waals surface area contributed by atoms with Crippen molar-refractivity contribution >= 4 is 29.1 Å². The SMILES string of the molecule is C[C@@H]1Cc2cc(/C(O)=C3\C(=O)C(=O)N(Cc4cccnc4)[C@H]3c3cccc(Cl)c3)ccc2O1. The first-order valence-corrected chi connectivity index (χ1v) is 11.0. The van der Waals surface area contributed by atoms with E-state index in [2.05, 4.69) is 4.98 Å². The topological polar surface area (TPSA) is 79.7 Å². The third-order valence-electron chi connectivity index (χ3n) is 5.95. The lowest BCUT2D eigenvalue weighted by molar-refractivity contribution is -0.140. The summed E-state index contributed by atoms with van der Waals surface area (Å²) >= 11 is 6.24. The van der Waals surface area contributed by atoms with Crippen LogP contribution in [0.4, 0.5) is 0 Å². The summed E-state index contributed by atoms with van der Waals surface area (Å²) in [5.41, 5.74) is 2.88. The number of benzene rings is 2. The van der Waals surface area contributed by atoms with Crippen molar-refractivity contribution in [3.63, 3.8) is 0 Å². The van der Waals surface area contributed by atoms with E-state index in [0.29, 0.717) is 22.6 Å². The van der Waals surface area contributed by atoms with Gasteiger partial charge in [-0.25, -0.2) is 0 Å². The Kier molecular flexibility index (Phi) is 5.38. The molecule has 33 heavy (non-hydrogen) atoms. The highest BCUT2D eigenvalue weighted by molar-refractivity contribution is 6.46. The predicted molar refractivity (Wildman–Crippen MR) is 124 cm³/mol. The van der Waals surface area contributed by atoms with Crippen LogP contribution in [0.15, 0.2) is 72.6 Å². The monoisotopic (exact) mass is 460 g/mol. The summed E-state index contributed by atoms with van der Waals surface area (Å²) in [6, 6.07) is 15.1. The number of carbonyl (C=O) groups is 2. The molecule has 2 atom stereocenters. The number of aliphatic hydroxyl groups excluding tert-OH is 1. The van der Waals surface area contributed by atoms with Crippen LogP contribution < -0.4 is 4.74 Å². The number of pyridine rings is 1. The van der Waals surface area contributed by atoms with Crippen molar-refractivity contribution in [2.24, 2.45) is 0 Å². The molecule has 3 aromatic rings. The number of rotatable bonds is 4. The molecule has 0 saturated carbocycles. The maximum atomic E-state index is 13.2. The first-order valence-electron chi connectivity index (χ1n) is 10.6. The van der Waals surface area contributed by atoms with Gasteiger partial charge in [0.1, 0.15) is 17.6 Å². The second kappa shape index (κ2) is 8.37. The zero-order valence-electron chi connectivity index (χ0n) is 17.9. The minimum atomic E-state index is -0.785. The molecular formula is C26H21ClN2O4. The molecule has 0 spiro atoms. The second-order valence-electron chi connectivity index (χ2n) is 8.30. The molecule has 2 aliphatic rings. The highest BCUT2D eigenvalue weighted by Crippen LogP contribution is 2.41. The highest BCUT2D eigenvalue weighted by atomic mass is 35.5. The number of aromatic nitrogens is 1. The number of likely N-dealkylation sites (tertiary alicyclic amines) is 1. The lowest BCUT2D eigenvalue weighted by atomic mass is 9.94. The van der Waals surface area contributed by atoms with Gasteiger partial charge < -0.3 is 14.7 Å². The molecule has 1 aromatic heterocycles. The summed E-state index contributed by atoms with van der Waals surface area (Å²) < 4.78 is 5.74. The van der Waals surface area contributed by atoms with Gasteiger partial charge in [0, 0.05) is 35.9 Å². The quantitative estimate of drug-likeness (QED) is 0.347. The number of ether oxygens (including phenoxy) is 1. The number of carbonyl (C=O) groups excluding carboxylic acids is 2. The highest BCUT2D eigenvalue weighted by Gasteiger charge is 2.46. The van der Waals surface area contributed by atoms with Crippen LogP contribution in [0.2, 0.25) is 5.02 Å². The normalized spacial score (nSPS) is 21.2. The Morgan fingerprint density at radius 1 is 1.18 bits per heavy atom. The number of hydrogen-bond donors (Lipinski definition) is 1. The molecule has 0 bridgehead atoms. The largest absolute Gasteiger partial charge is 0.507 e. The van der Waals surface area contributed by atoms with Gasteiger partial charge in [-0.05, 0) is 60.0 Å². The van der Waals surface area contributed by atoms with Crippen LogP contribution in [-0.4, -0.2) is 32.8 Å². The van der Waals surface area contributed by atoms with E-state index in [-0.39, 0.29) is 24.0 Å². The fourth-order valence-corrected chi connectivity index (χ4v) is 4.68. The van der Waals surface area contributed by atoms with Crippen molar-refractivity contribution in [3.8, 4) is 5.75 Å². The first-order chi connectivity index (χ1) is 15.9. The van der Waals surface area contributed by atoms with Gasteiger partial charge in [0.25, 0.3) is 11.7 Å². The van der Waals surface area contributed by atoms with E-state index in [9.17, 15) is 14.7 Å². The Morgan fingerprint density at radius 2 is 2.03 bits per heavy atom. The van der Waals surface area contributed by atoms with Crippen molar-refractivity contribution < 1.29 is 19.4 Å². The van der Waals surface area contributed by atoms with E-state index in [1.54, 1.807) is 54.9 Å². The lowest BCUT2D eigenvalue weighted by Crippen LogP contribution is -2.29. The molecule has 166 valence electrons. The van der Waals surface area contributed by atoms with E-state index < -0.39 is 17.7 Å². The minimum absolute atomic E-state index is 0.0399.